The number of hydrogen-bond donors (Lipinski definition) is 1. The molecule has 1 amide bonds. The molecule has 1 N–H and O–H groups in total. The van der Waals surface area contributed by atoms with Gasteiger partial charge in [0.05, 0.1) is 0 Å². The van der Waals surface area contributed by atoms with Crippen LogP contribution in [0.15, 0.2) is 35.3 Å². The fourth-order valence-corrected chi connectivity index (χ4v) is 3.90. The van der Waals surface area contributed by atoms with E-state index in [0.717, 1.165) is 78.0 Å². The van der Waals surface area contributed by atoms with Crippen molar-refractivity contribution in [2.45, 2.75) is 13.5 Å². The van der Waals surface area contributed by atoms with Crippen molar-refractivity contribution in [3.63, 3.8) is 0 Å². The van der Waals surface area contributed by atoms with Gasteiger partial charge in [-0.05, 0) is 5.56 Å². The van der Waals surface area contributed by atoms with Crippen LogP contribution in [0.3, 0.4) is 0 Å². The van der Waals surface area contributed by atoms with Gasteiger partial charge in [0, 0.05) is 86.0 Å². The number of benzene rings is 1. The van der Waals surface area contributed by atoms with E-state index in [1.54, 1.807) is 6.92 Å². The van der Waals surface area contributed by atoms with Crippen LogP contribution in [0.25, 0.3) is 0 Å². The Kier molecular flexibility index (Phi) is 7.68. The molecule has 1 aromatic rings. The van der Waals surface area contributed by atoms with E-state index in [2.05, 4.69) is 55.3 Å². The van der Waals surface area contributed by atoms with Gasteiger partial charge < -0.3 is 15.1 Å². The fraction of sp³-hybridized carbons (Fsp3) is 0.619. The Morgan fingerprint density at radius 2 is 1.54 bits per heavy atom. The summed E-state index contributed by atoms with van der Waals surface area (Å²) in [6, 6.07) is 10.7. The molecule has 0 aromatic heterocycles. The van der Waals surface area contributed by atoms with E-state index in [0.29, 0.717) is 0 Å². The van der Waals surface area contributed by atoms with Crippen LogP contribution in [0.4, 0.5) is 0 Å². The Balaban J connectivity index is 1.35. The van der Waals surface area contributed by atoms with Crippen LogP contribution in [0, 0.1) is 0 Å². The number of carbonyl (C=O) groups is 1. The molecular formula is C21H34N6O. The number of rotatable bonds is 5. The monoisotopic (exact) mass is 386 g/mol. The molecule has 2 fully saturated rings. The van der Waals surface area contributed by atoms with E-state index >= 15 is 0 Å². The second-order valence-electron chi connectivity index (χ2n) is 7.57. The maximum Gasteiger partial charge on any atom is 0.219 e. The molecule has 0 unspecified atom stereocenters. The van der Waals surface area contributed by atoms with Crippen LogP contribution in [0.2, 0.25) is 0 Å². The van der Waals surface area contributed by atoms with Crippen molar-refractivity contribution >= 4 is 11.9 Å². The van der Waals surface area contributed by atoms with Crippen molar-refractivity contribution in [2.75, 3.05) is 72.5 Å². The summed E-state index contributed by atoms with van der Waals surface area (Å²) in [6.07, 6.45) is 0. The first kappa shape index (κ1) is 20.6. The number of guanidine groups is 1. The molecule has 28 heavy (non-hydrogen) atoms. The molecule has 1 aromatic carbocycles. The first-order valence-electron chi connectivity index (χ1n) is 10.4. The smallest absolute Gasteiger partial charge is 0.219 e. The third-order valence-corrected chi connectivity index (χ3v) is 5.66. The summed E-state index contributed by atoms with van der Waals surface area (Å²) in [7, 11) is 1.87. The van der Waals surface area contributed by atoms with E-state index < -0.39 is 0 Å². The summed E-state index contributed by atoms with van der Waals surface area (Å²) in [4.78, 5) is 25.1. The first-order valence-corrected chi connectivity index (χ1v) is 10.4. The maximum atomic E-state index is 11.4. The van der Waals surface area contributed by atoms with E-state index in [1.165, 1.54) is 5.56 Å². The van der Waals surface area contributed by atoms with Crippen molar-refractivity contribution in [1.82, 2.24) is 24.9 Å². The highest BCUT2D eigenvalue weighted by Crippen LogP contribution is 2.08. The standard InChI is InChI=1S/C21H34N6O/c1-19(28)26-14-10-24(11-15-26)9-8-23-21(22-2)27-16-12-25(13-17-27)18-20-6-4-3-5-7-20/h3-7H,8-18H2,1-2H3,(H,22,23). The Morgan fingerprint density at radius 1 is 0.929 bits per heavy atom. The lowest BCUT2D eigenvalue weighted by Gasteiger charge is -2.37. The Bertz CT molecular complexity index is 634. The van der Waals surface area contributed by atoms with Crippen molar-refractivity contribution in [1.29, 1.82) is 0 Å². The molecule has 0 atom stereocenters. The molecule has 0 radical (unpaired) electrons. The average molecular weight is 387 g/mol. The zero-order valence-electron chi connectivity index (χ0n) is 17.3. The average Bonchev–Trinajstić information content (AvgIpc) is 2.73. The molecular weight excluding hydrogens is 352 g/mol. The predicted octanol–water partition coefficient (Wildman–Crippen LogP) is 0.544. The van der Waals surface area contributed by atoms with Gasteiger partial charge >= 0.3 is 0 Å². The van der Waals surface area contributed by atoms with Crippen molar-refractivity contribution in [3.8, 4) is 0 Å². The number of carbonyl (C=O) groups excluding carboxylic acids is 1. The van der Waals surface area contributed by atoms with Gasteiger partial charge in [0.25, 0.3) is 0 Å². The summed E-state index contributed by atoms with van der Waals surface area (Å²) >= 11 is 0. The minimum absolute atomic E-state index is 0.185. The van der Waals surface area contributed by atoms with E-state index in [-0.39, 0.29) is 5.91 Å². The van der Waals surface area contributed by atoms with Crippen LogP contribution in [0.1, 0.15) is 12.5 Å². The minimum atomic E-state index is 0.185. The van der Waals surface area contributed by atoms with E-state index in [4.69, 9.17) is 0 Å². The number of nitrogens with one attached hydrogen (secondary N) is 1. The highest BCUT2D eigenvalue weighted by Gasteiger charge is 2.21. The molecule has 0 spiro atoms. The largest absolute Gasteiger partial charge is 0.355 e. The van der Waals surface area contributed by atoms with E-state index in [1.807, 2.05) is 11.9 Å². The summed E-state index contributed by atoms with van der Waals surface area (Å²) in [5.41, 5.74) is 1.38. The molecule has 2 aliphatic rings. The molecule has 0 saturated carbocycles. The van der Waals surface area contributed by atoms with Crippen LogP contribution < -0.4 is 5.32 Å². The molecule has 7 heteroatoms. The summed E-state index contributed by atoms with van der Waals surface area (Å²) in [6.45, 7) is 12.3. The quantitative estimate of drug-likeness (QED) is 0.592. The molecule has 154 valence electrons. The summed E-state index contributed by atoms with van der Waals surface area (Å²) < 4.78 is 0. The molecule has 2 aliphatic heterocycles. The van der Waals surface area contributed by atoms with Gasteiger partial charge in [0.1, 0.15) is 0 Å². The van der Waals surface area contributed by atoms with Gasteiger partial charge in [-0.3, -0.25) is 19.6 Å². The van der Waals surface area contributed by atoms with Crippen LogP contribution in [-0.2, 0) is 11.3 Å². The van der Waals surface area contributed by atoms with Crippen molar-refractivity contribution in [3.05, 3.63) is 35.9 Å². The van der Waals surface area contributed by atoms with Crippen molar-refractivity contribution in [2.24, 2.45) is 4.99 Å². The van der Waals surface area contributed by atoms with Crippen LogP contribution >= 0.6 is 0 Å². The highest BCUT2D eigenvalue weighted by atomic mass is 16.2. The van der Waals surface area contributed by atoms with Crippen molar-refractivity contribution < 1.29 is 4.79 Å². The predicted molar refractivity (Wildman–Crippen MR) is 113 cm³/mol. The lowest BCUT2D eigenvalue weighted by molar-refractivity contribution is -0.130. The Hall–Kier alpha value is -2.12. The number of nitrogens with zero attached hydrogens (tertiary/aromatic N) is 5. The molecule has 0 aliphatic carbocycles. The molecule has 7 nitrogen and oxygen atoms in total. The van der Waals surface area contributed by atoms with Gasteiger partial charge in [0.15, 0.2) is 5.96 Å². The number of piperazine rings is 2. The van der Waals surface area contributed by atoms with Crippen LogP contribution in [-0.4, -0.2) is 104 Å². The number of aliphatic imine (C=N–C) groups is 1. The lowest BCUT2D eigenvalue weighted by Crippen LogP contribution is -2.54. The van der Waals surface area contributed by atoms with Gasteiger partial charge in [0.2, 0.25) is 5.91 Å². The molecule has 3 rings (SSSR count). The number of amides is 1. The van der Waals surface area contributed by atoms with E-state index in [9.17, 15) is 4.79 Å². The third-order valence-electron chi connectivity index (χ3n) is 5.66. The Morgan fingerprint density at radius 3 is 2.14 bits per heavy atom. The van der Waals surface area contributed by atoms with Gasteiger partial charge in [-0.2, -0.15) is 0 Å². The van der Waals surface area contributed by atoms with Gasteiger partial charge in [-0.1, -0.05) is 30.3 Å². The Labute approximate surface area is 169 Å². The highest BCUT2D eigenvalue weighted by molar-refractivity contribution is 5.80. The topological polar surface area (TPSA) is 54.4 Å². The minimum Gasteiger partial charge on any atom is -0.355 e. The van der Waals surface area contributed by atoms with Gasteiger partial charge in [-0.25, -0.2) is 0 Å². The SMILES string of the molecule is CN=C(NCCN1CCN(C(C)=O)CC1)N1CCN(Cc2ccccc2)CC1. The first-order chi connectivity index (χ1) is 13.7. The lowest BCUT2D eigenvalue weighted by atomic mass is 10.2. The normalized spacial score (nSPS) is 19.7. The third kappa shape index (κ3) is 5.94. The van der Waals surface area contributed by atoms with Gasteiger partial charge in [-0.15, -0.1) is 0 Å². The fourth-order valence-electron chi connectivity index (χ4n) is 3.90. The second kappa shape index (κ2) is 10.4. The summed E-state index contributed by atoms with van der Waals surface area (Å²) in [5, 5.41) is 3.52. The molecule has 0 bridgehead atoms. The van der Waals surface area contributed by atoms with Crippen LogP contribution in [0.5, 0.6) is 0 Å². The summed E-state index contributed by atoms with van der Waals surface area (Å²) in [5.74, 6) is 1.19. The number of hydrogen-bond acceptors (Lipinski definition) is 4. The second-order valence-corrected chi connectivity index (χ2v) is 7.57. The maximum absolute atomic E-state index is 11.4. The zero-order chi connectivity index (χ0) is 19.8. The zero-order valence-corrected chi connectivity index (χ0v) is 17.3. The molecule has 2 saturated heterocycles. The molecule has 2 heterocycles.